The predicted molar refractivity (Wildman–Crippen MR) is 117 cm³/mol. The average Bonchev–Trinajstić information content (AvgIpc) is 2.87. The van der Waals surface area contributed by atoms with Crippen molar-refractivity contribution in [3.63, 3.8) is 0 Å². The summed E-state index contributed by atoms with van der Waals surface area (Å²) in [7, 11) is -1.88. The highest BCUT2D eigenvalue weighted by Crippen LogP contribution is 2.38. The Hall–Kier alpha value is -1.66. The quantitative estimate of drug-likeness (QED) is 0.268. The zero-order chi connectivity index (χ0) is 21.8. The number of fused-ring (bicyclic) bond motifs is 1. The van der Waals surface area contributed by atoms with Gasteiger partial charge in [0, 0.05) is 18.4 Å². The first-order valence-electron chi connectivity index (χ1n) is 10.5. The molecule has 0 radical (unpaired) electrons. The monoisotopic (exact) mass is 420 g/mol. The molecular formula is C23H36O5Si. The lowest BCUT2D eigenvalue weighted by atomic mass is 9.88. The summed E-state index contributed by atoms with van der Waals surface area (Å²) in [4.78, 5) is 23.3. The second-order valence-corrected chi connectivity index (χ2v) is 14.4. The van der Waals surface area contributed by atoms with Crippen LogP contribution in [0.1, 0.15) is 53.4 Å². The maximum Gasteiger partial charge on any atom is 0.334 e. The SMILES string of the molecule is C=C1C(=O)OC2/C=C(/CO[Si](C)(C)C(C)(C)C)CC/C=C(/COC(C)=O)CCC12. The molecule has 1 aliphatic heterocycles. The number of hydrogen-bond donors (Lipinski definition) is 0. The fourth-order valence-electron chi connectivity index (χ4n) is 3.28. The minimum atomic E-state index is -1.88. The van der Waals surface area contributed by atoms with Gasteiger partial charge in [-0.15, -0.1) is 0 Å². The molecule has 1 heterocycles. The van der Waals surface area contributed by atoms with E-state index in [0.29, 0.717) is 18.8 Å². The van der Waals surface area contributed by atoms with Crippen molar-refractivity contribution in [2.45, 2.75) is 77.6 Å². The molecule has 1 saturated heterocycles. The van der Waals surface area contributed by atoms with Crippen LogP contribution in [0.25, 0.3) is 0 Å². The summed E-state index contributed by atoms with van der Waals surface area (Å²) in [5, 5.41) is 0.136. The van der Waals surface area contributed by atoms with E-state index in [1.807, 2.05) is 0 Å². The summed E-state index contributed by atoms with van der Waals surface area (Å²) in [5.41, 5.74) is 2.76. The first kappa shape index (κ1) is 23.6. The van der Waals surface area contributed by atoms with Gasteiger partial charge in [-0.05, 0) is 61.0 Å². The molecule has 1 aliphatic carbocycles. The Morgan fingerprint density at radius 2 is 1.93 bits per heavy atom. The van der Waals surface area contributed by atoms with Gasteiger partial charge in [-0.3, -0.25) is 4.79 Å². The van der Waals surface area contributed by atoms with Gasteiger partial charge in [-0.2, -0.15) is 0 Å². The molecule has 6 heteroatoms. The molecule has 0 saturated carbocycles. The Labute approximate surface area is 176 Å². The van der Waals surface area contributed by atoms with Gasteiger partial charge in [-0.1, -0.05) is 33.4 Å². The lowest BCUT2D eigenvalue weighted by Gasteiger charge is -2.36. The summed E-state index contributed by atoms with van der Waals surface area (Å²) in [6, 6.07) is 0. The van der Waals surface area contributed by atoms with Crippen LogP contribution in [0.2, 0.25) is 18.1 Å². The zero-order valence-electron chi connectivity index (χ0n) is 18.8. The molecule has 5 nitrogen and oxygen atoms in total. The first-order chi connectivity index (χ1) is 13.4. The van der Waals surface area contributed by atoms with Crippen LogP contribution in [0.3, 0.4) is 0 Å². The normalized spacial score (nSPS) is 27.2. The van der Waals surface area contributed by atoms with Crippen LogP contribution in [0.4, 0.5) is 0 Å². The summed E-state index contributed by atoms with van der Waals surface area (Å²) >= 11 is 0. The lowest BCUT2D eigenvalue weighted by molar-refractivity contribution is -0.140. The summed E-state index contributed by atoms with van der Waals surface area (Å²) in [5.74, 6) is -0.650. The van der Waals surface area contributed by atoms with E-state index in [2.05, 4.69) is 52.6 Å². The maximum absolute atomic E-state index is 12.1. The molecule has 2 atom stereocenters. The highest BCUT2D eigenvalue weighted by molar-refractivity contribution is 6.74. The molecule has 0 amide bonds. The van der Waals surface area contributed by atoms with E-state index in [1.54, 1.807) is 0 Å². The number of rotatable bonds is 5. The van der Waals surface area contributed by atoms with Crippen molar-refractivity contribution in [2.75, 3.05) is 13.2 Å². The van der Waals surface area contributed by atoms with Crippen molar-refractivity contribution >= 4 is 20.3 Å². The van der Waals surface area contributed by atoms with Crippen molar-refractivity contribution in [2.24, 2.45) is 5.92 Å². The molecule has 0 spiro atoms. The fraction of sp³-hybridized carbons (Fsp3) is 0.652. The molecule has 29 heavy (non-hydrogen) atoms. The number of allylic oxidation sites excluding steroid dienone is 1. The van der Waals surface area contributed by atoms with Crippen LogP contribution >= 0.6 is 0 Å². The van der Waals surface area contributed by atoms with E-state index in [0.717, 1.165) is 36.8 Å². The summed E-state index contributed by atoms with van der Waals surface area (Å²) in [6.45, 7) is 17.4. The Bertz CT molecular complexity index is 711. The minimum absolute atomic E-state index is 0.0517. The van der Waals surface area contributed by atoms with Crippen molar-refractivity contribution in [1.29, 1.82) is 0 Å². The molecule has 2 aliphatic rings. The van der Waals surface area contributed by atoms with Gasteiger partial charge in [0.1, 0.15) is 12.7 Å². The van der Waals surface area contributed by atoms with E-state index in [4.69, 9.17) is 13.9 Å². The second-order valence-electron chi connectivity index (χ2n) is 9.60. The molecule has 2 rings (SSSR count). The van der Waals surface area contributed by atoms with Gasteiger partial charge in [0.05, 0.1) is 6.61 Å². The topological polar surface area (TPSA) is 61.8 Å². The molecule has 0 aromatic heterocycles. The van der Waals surface area contributed by atoms with Gasteiger partial charge in [0.25, 0.3) is 0 Å². The van der Waals surface area contributed by atoms with Gasteiger partial charge >= 0.3 is 11.9 Å². The molecular weight excluding hydrogens is 384 g/mol. The van der Waals surface area contributed by atoms with E-state index >= 15 is 0 Å². The second kappa shape index (κ2) is 9.43. The molecule has 0 N–H and O–H groups in total. The first-order valence-corrected chi connectivity index (χ1v) is 13.4. The highest BCUT2D eigenvalue weighted by Gasteiger charge is 2.39. The van der Waals surface area contributed by atoms with E-state index in [-0.39, 0.29) is 29.0 Å². The largest absolute Gasteiger partial charge is 0.461 e. The number of ether oxygens (including phenoxy) is 2. The van der Waals surface area contributed by atoms with E-state index in [1.165, 1.54) is 6.92 Å². The molecule has 162 valence electrons. The highest BCUT2D eigenvalue weighted by atomic mass is 28.4. The van der Waals surface area contributed by atoms with Crippen LogP contribution in [0.15, 0.2) is 35.5 Å². The molecule has 0 aromatic carbocycles. The van der Waals surface area contributed by atoms with Gasteiger partial charge in [-0.25, -0.2) is 4.79 Å². The lowest BCUT2D eigenvalue weighted by Crippen LogP contribution is -2.41. The van der Waals surface area contributed by atoms with E-state index in [9.17, 15) is 9.59 Å². The van der Waals surface area contributed by atoms with E-state index < -0.39 is 8.32 Å². The molecule has 0 bridgehead atoms. The van der Waals surface area contributed by atoms with Crippen LogP contribution < -0.4 is 0 Å². The molecule has 1 fully saturated rings. The summed E-state index contributed by atoms with van der Waals surface area (Å²) in [6.07, 6.45) is 7.12. The Balaban J connectivity index is 2.20. The zero-order valence-corrected chi connectivity index (χ0v) is 19.8. The van der Waals surface area contributed by atoms with Gasteiger partial charge in [0.15, 0.2) is 8.32 Å². The van der Waals surface area contributed by atoms with Crippen molar-refractivity contribution < 1.29 is 23.5 Å². The van der Waals surface area contributed by atoms with Crippen molar-refractivity contribution in [3.05, 3.63) is 35.5 Å². The number of hydrogen-bond acceptors (Lipinski definition) is 5. The Morgan fingerprint density at radius 1 is 1.24 bits per heavy atom. The third-order valence-electron chi connectivity index (χ3n) is 6.31. The number of carbonyl (C=O) groups excluding carboxylic acids is 2. The molecule has 2 unspecified atom stereocenters. The smallest absolute Gasteiger partial charge is 0.334 e. The van der Waals surface area contributed by atoms with Crippen LogP contribution in [0.5, 0.6) is 0 Å². The standard InChI is InChI=1S/C23H36O5Si/c1-16-20-12-11-18(14-26-17(2)24)9-8-10-19(13-21(20)28-22(16)25)15-27-29(6,7)23(3,4)5/h9,13,20-21H,1,8,10-12,14-15H2,2-7H3/b18-9+,19-13+. The number of carbonyl (C=O) groups is 2. The predicted octanol–water partition coefficient (Wildman–Crippen LogP) is 5.10. The van der Waals surface area contributed by atoms with Crippen LogP contribution in [-0.4, -0.2) is 39.6 Å². The minimum Gasteiger partial charge on any atom is -0.461 e. The van der Waals surface area contributed by atoms with Crippen LogP contribution in [-0.2, 0) is 23.5 Å². The van der Waals surface area contributed by atoms with Crippen molar-refractivity contribution in [3.8, 4) is 0 Å². The van der Waals surface area contributed by atoms with Crippen LogP contribution in [0, 0.1) is 5.92 Å². The van der Waals surface area contributed by atoms with Gasteiger partial charge in [0.2, 0.25) is 0 Å². The average molecular weight is 421 g/mol. The Kier molecular flexibility index (Phi) is 7.68. The summed E-state index contributed by atoms with van der Waals surface area (Å²) < 4.78 is 17.2. The molecule has 0 aromatic rings. The fourth-order valence-corrected chi connectivity index (χ4v) is 4.25. The maximum atomic E-state index is 12.1. The number of esters is 2. The van der Waals surface area contributed by atoms with Crippen molar-refractivity contribution in [1.82, 2.24) is 0 Å². The third kappa shape index (κ3) is 6.41. The Morgan fingerprint density at radius 3 is 2.55 bits per heavy atom. The third-order valence-corrected chi connectivity index (χ3v) is 10.8. The van der Waals surface area contributed by atoms with Gasteiger partial charge < -0.3 is 13.9 Å².